The summed E-state index contributed by atoms with van der Waals surface area (Å²) in [4.78, 5) is 26.4. The molecule has 0 saturated heterocycles. The number of carbonyl (C=O) groups is 2. The number of nitrogens with one attached hydrogen (secondary N) is 3. The second-order valence-electron chi connectivity index (χ2n) is 9.21. The normalized spacial score (nSPS) is 14.9. The predicted octanol–water partition coefficient (Wildman–Crippen LogP) is 5.92. The largest absolute Gasteiger partial charge is 0.495 e. The molecule has 2 heterocycles. The highest BCUT2D eigenvalue weighted by molar-refractivity contribution is 8.03. The summed E-state index contributed by atoms with van der Waals surface area (Å²) < 4.78 is 11.3. The summed E-state index contributed by atoms with van der Waals surface area (Å²) >= 11 is 1.21. The Balaban J connectivity index is 1.62. The third-order valence-corrected chi connectivity index (χ3v) is 7.32. The number of dihydropyridines is 1. The molecule has 3 aromatic rings. The van der Waals surface area contributed by atoms with Crippen LogP contribution in [0.3, 0.4) is 0 Å². The lowest BCUT2D eigenvalue weighted by molar-refractivity contribution is -0.114. The zero-order chi connectivity index (χ0) is 28.1. The molecule has 200 valence electrons. The van der Waals surface area contributed by atoms with Crippen molar-refractivity contribution in [3.8, 4) is 11.8 Å². The van der Waals surface area contributed by atoms with Crippen LogP contribution >= 0.6 is 11.8 Å². The number of furan rings is 1. The van der Waals surface area contributed by atoms with Gasteiger partial charge in [-0.3, -0.25) is 9.59 Å². The van der Waals surface area contributed by atoms with Crippen LogP contribution < -0.4 is 20.7 Å². The molecule has 39 heavy (non-hydrogen) atoms. The van der Waals surface area contributed by atoms with Crippen LogP contribution in [0, 0.1) is 32.1 Å². The molecule has 9 heteroatoms. The second-order valence-corrected chi connectivity index (χ2v) is 10.2. The van der Waals surface area contributed by atoms with Crippen molar-refractivity contribution in [3.63, 3.8) is 0 Å². The minimum atomic E-state index is -0.760. The van der Waals surface area contributed by atoms with Crippen LogP contribution in [-0.4, -0.2) is 24.7 Å². The number of carbonyl (C=O) groups excluding carboxylic acids is 2. The van der Waals surface area contributed by atoms with Gasteiger partial charge in [-0.1, -0.05) is 36.0 Å². The second kappa shape index (κ2) is 12.0. The van der Waals surface area contributed by atoms with E-state index in [1.165, 1.54) is 18.9 Å². The summed E-state index contributed by atoms with van der Waals surface area (Å²) in [6.07, 6.45) is 0. The maximum atomic E-state index is 13.6. The molecule has 1 aliphatic rings. The van der Waals surface area contributed by atoms with Gasteiger partial charge in [-0.05, 0) is 69.2 Å². The number of aryl methyl sites for hydroxylation is 3. The van der Waals surface area contributed by atoms with Crippen molar-refractivity contribution < 1.29 is 18.7 Å². The van der Waals surface area contributed by atoms with Gasteiger partial charge in [0.25, 0.3) is 5.91 Å². The van der Waals surface area contributed by atoms with Gasteiger partial charge in [-0.25, -0.2) is 0 Å². The summed E-state index contributed by atoms with van der Waals surface area (Å²) in [5.74, 6) is 0.351. The average Bonchev–Trinajstić information content (AvgIpc) is 3.35. The van der Waals surface area contributed by atoms with Crippen LogP contribution in [-0.2, 0) is 9.59 Å². The molecule has 0 saturated carbocycles. The number of rotatable bonds is 8. The number of methoxy groups -OCH3 is 1. The molecule has 0 bridgehead atoms. The molecule has 0 fully saturated rings. The monoisotopic (exact) mass is 542 g/mol. The zero-order valence-electron chi connectivity index (χ0n) is 22.5. The van der Waals surface area contributed by atoms with Crippen molar-refractivity contribution >= 4 is 35.0 Å². The highest BCUT2D eigenvalue weighted by Gasteiger charge is 2.37. The van der Waals surface area contributed by atoms with E-state index in [1.807, 2.05) is 38.1 Å². The van der Waals surface area contributed by atoms with Gasteiger partial charge in [0.05, 0.1) is 46.7 Å². The molecule has 4 rings (SSSR count). The summed E-state index contributed by atoms with van der Waals surface area (Å²) in [5.41, 5.74) is 4.46. The first-order valence-corrected chi connectivity index (χ1v) is 13.3. The van der Waals surface area contributed by atoms with Crippen LogP contribution in [0.15, 0.2) is 80.9 Å². The van der Waals surface area contributed by atoms with E-state index in [2.05, 4.69) is 22.0 Å². The van der Waals surface area contributed by atoms with E-state index >= 15 is 0 Å². The number of nitrogens with zero attached hydrogens (tertiary/aromatic N) is 1. The van der Waals surface area contributed by atoms with Crippen LogP contribution in [0.4, 0.5) is 11.4 Å². The number of ether oxygens (including phenoxy) is 1. The number of allylic oxidation sites excluding steroid dienone is 2. The molecule has 0 spiro atoms. The van der Waals surface area contributed by atoms with Gasteiger partial charge in [-0.2, -0.15) is 5.26 Å². The molecule has 1 aromatic heterocycles. The molecular weight excluding hydrogens is 512 g/mol. The Morgan fingerprint density at radius 3 is 2.51 bits per heavy atom. The van der Waals surface area contributed by atoms with E-state index in [1.54, 1.807) is 44.2 Å². The standard InChI is InChI=1S/C30H30N4O4S/c1-17-10-11-18(2)23(14-17)33-26(35)16-39-30-21(15-31)28(25-13-12-19(3)38-25)27(20(4)32-30)29(36)34-22-8-6-7-9-24(22)37-5/h6-14,28,32H,16H2,1-5H3,(H,33,35)(H,34,36)/t28-/m0/s1. The van der Waals surface area contributed by atoms with Gasteiger partial charge in [0.2, 0.25) is 5.91 Å². The number of anilines is 2. The summed E-state index contributed by atoms with van der Waals surface area (Å²) in [5, 5.41) is 19.8. The van der Waals surface area contributed by atoms with E-state index in [4.69, 9.17) is 9.15 Å². The SMILES string of the molecule is COc1ccccc1NC(=O)C1=C(C)NC(SCC(=O)Nc2cc(C)ccc2C)=C(C#N)[C@H]1c1ccc(C)o1. The van der Waals surface area contributed by atoms with Crippen molar-refractivity contribution in [1.29, 1.82) is 5.26 Å². The van der Waals surface area contributed by atoms with Gasteiger partial charge >= 0.3 is 0 Å². The first-order chi connectivity index (χ1) is 18.7. The Morgan fingerprint density at radius 2 is 1.82 bits per heavy atom. The molecule has 1 atom stereocenters. The number of hydrogen-bond donors (Lipinski definition) is 3. The van der Waals surface area contributed by atoms with E-state index in [0.29, 0.717) is 44.8 Å². The lowest BCUT2D eigenvalue weighted by atomic mass is 9.85. The van der Waals surface area contributed by atoms with Crippen molar-refractivity contribution in [1.82, 2.24) is 5.32 Å². The number of benzene rings is 2. The third-order valence-electron chi connectivity index (χ3n) is 6.31. The third kappa shape index (κ3) is 6.19. The van der Waals surface area contributed by atoms with Crippen molar-refractivity contribution in [2.75, 3.05) is 23.5 Å². The first-order valence-electron chi connectivity index (χ1n) is 12.3. The smallest absolute Gasteiger partial charge is 0.254 e. The number of nitriles is 1. The van der Waals surface area contributed by atoms with Gasteiger partial charge in [0.15, 0.2) is 0 Å². The van der Waals surface area contributed by atoms with Crippen LogP contribution in [0.1, 0.15) is 35.5 Å². The van der Waals surface area contributed by atoms with E-state index in [0.717, 1.165) is 16.8 Å². The molecule has 8 nitrogen and oxygen atoms in total. The van der Waals surface area contributed by atoms with Crippen molar-refractivity contribution in [3.05, 3.63) is 99.1 Å². The van der Waals surface area contributed by atoms with Crippen LogP contribution in [0.2, 0.25) is 0 Å². The summed E-state index contributed by atoms with van der Waals surface area (Å²) in [6, 6.07) is 18.8. The van der Waals surface area contributed by atoms with Gasteiger partial charge in [-0.15, -0.1) is 0 Å². The Kier molecular flexibility index (Phi) is 8.47. The maximum Gasteiger partial charge on any atom is 0.254 e. The molecule has 0 aliphatic carbocycles. The number of hydrogen-bond acceptors (Lipinski definition) is 7. The topological polar surface area (TPSA) is 116 Å². The Morgan fingerprint density at radius 1 is 1.05 bits per heavy atom. The Bertz CT molecular complexity index is 1530. The van der Waals surface area contributed by atoms with Crippen molar-refractivity contribution in [2.45, 2.75) is 33.6 Å². The predicted molar refractivity (Wildman–Crippen MR) is 153 cm³/mol. The molecule has 0 unspecified atom stereocenters. The molecule has 1 aliphatic heterocycles. The van der Waals surface area contributed by atoms with Crippen LogP contribution in [0.5, 0.6) is 5.75 Å². The fraction of sp³-hybridized carbons (Fsp3) is 0.233. The minimum absolute atomic E-state index is 0.0703. The Labute approximate surface area is 232 Å². The van der Waals surface area contributed by atoms with Gasteiger partial charge in [0.1, 0.15) is 17.3 Å². The zero-order valence-corrected chi connectivity index (χ0v) is 23.3. The lowest BCUT2D eigenvalue weighted by Crippen LogP contribution is -2.31. The number of thioether (sulfide) groups is 1. The van der Waals surface area contributed by atoms with Gasteiger partial charge in [0, 0.05) is 11.4 Å². The lowest BCUT2D eigenvalue weighted by Gasteiger charge is -2.28. The molecule has 0 radical (unpaired) electrons. The van der Waals surface area contributed by atoms with E-state index in [-0.39, 0.29) is 11.7 Å². The van der Waals surface area contributed by atoms with Crippen molar-refractivity contribution in [2.24, 2.45) is 0 Å². The van der Waals surface area contributed by atoms with E-state index in [9.17, 15) is 14.9 Å². The summed E-state index contributed by atoms with van der Waals surface area (Å²) in [6.45, 7) is 7.47. The Hall–Kier alpha value is -4.42. The summed E-state index contributed by atoms with van der Waals surface area (Å²) in [7, 11) is 1.53. The molecule has 3 N–H and O–H groups in total. The van der Waals surface area contributed by atoms with Crippen LogP contribution in [0.25, 0.3) is 0 Å². The average molecular weight is 543 g/mol. The minimum Gasteiger partial charge on any atom is -0.495 e. The maximum absolute atomic E-state index is 13.6. The number of amides is 2. The van der Waals surface area contributed by atoms with E-state index < -0.39 is 11.8 Å². The number of para-hydroxylation sites is 2. The quantitative estimate of drug-likeness (QED) is 0.323. The molecule has 2 aromatic carbocycles. The highest BCUT2D eigenvalue weighted by atomic mass is 32.2. The highest BCUT2D eigenvalue weighted by Crippen LogP contribution is 2.42. The first kappa shape index (κ1) is 27.6. The van der Waals surface area contributed by atoms with Gasteiger partial charge < -0.3 is 25.1 Å². The fourth-order valence-corrected chi connectivity index (χ4v) is 5.24. The molecular formula is C30H30N4O4S. The molecule has 2 amide bonds. The fourth-order valence-electron chi connectivity index (χ4n) is 4.35.